The minimum atomic E-state index is 0.0000873. The van der Waals surface area contributed by atoms with Crippen LogP contribution in [-0.2, 0) is 11.2 Å². The van der Waals surface area contributed by atoms with Crippen molar-refractivity contribution in [1.29, 1.82) is 0 Å². The van der Waals surface area contributed by atoms with Gasteiger partial charge in [0, 0.05) is 31.9 Å². The smallest absolute Gasteiger partial charge is 0.276 e. The molecule has 10 nitrogen and oxygen atoms in total. The van der Waals surface area contributed by atoms with Crippen molar-refractivity contribution in [3.63, 3.8) is 0 Å². The van der Waals surface area contributed by atoms with Crippen molar-refractivity contribution in [2.45, 2.75) is 13.3 Å². The number of aromatic nitrogens is 5. The molecule has 3 aromatic heterocycles. The number of amides is 1. The molecule has 3 aromatic rings. The summed E-state index contributed by atoms with van der Waals surface area (Å²) in [7, 11) is 0. The first kappa shape index (κ1) is 15.2. The van der Waals surface area contributed by atoms with Crippen molar-refractivity contribution in [1.82, 2.24) is 30.6 Å². The number of hydrogen-bond donors (Lipinski definition) is 1. The number of rotatable bonds is 4. The first-order valence-electron chi connectivity index (χ1n) is 7.77. The molecule has 1 aliphatic rings. The standard InChI is InChI=1S/C15H15N7O3/c1-9-18-12(20-24-9)7-13-19-15(25-21-13)11-6-10(2-3-16-11)22-5-4-17-14(23)8-22/h2-3,6H,4-5,7-8H2,1H3,(H,17,23). The van der Waals surface area contributed by atoms with Crippen molar-refractivity contribution in [3.8, 4) is 11.6 Å². The van der Waals surface area contributed by atoms with Gasteiger partial charge in [0.05, 0.1) is 13.0 Å². The molecule has 0 spiro atoms. The van der Waals surface area contributed by atoms with E-state index in [9.17, 15) is 4.79 Å². The Kier molecular flexibility index (Phi) is 3.84. The first-order chi connectivity index (χ1) is 12.2. The SMILES string of the molecule is Cc1nc(Cc2noc(-c3cc(N4CCNC(=O)C4)ccn3)n2)no1. The highest BCUT2D eigenvalue weighted by Gasteiger charge is 2.19. The van der Waals surface area contributed by atoms with E-state index in [1.807, 2.05) is 17.0 Å². The molecule has 1 amide bonds. The first-order valence-corrected chi connectivity index (χ1v) is 7.77. The average molecular weight is 341 g/mol. The van der Waals surface area contributed by atoms with E-state index in [0.29, 0.717) is 48.6 Å². The van der Waals surface area contributed by atoms with Crippen molar-refractivity contribution < 1.29 is 13.8 Å². The lowest BCUT2D eigenvalue weighted by molar-refractivity contribution is -0.120. The van der Waals surface area contributed by atoms with Crippen LogP contribution in [0.25, 0.3) is 11.6 Å². The van der Waals surface area contributed by atoms with E-state index >= 15 is 0 Å². The minimum Gasteiger partial charge on any atom is -0.360 e. The van der Waals surface area contributed by atoms with Crippen LogP contribution in [-0.4, -0.2) is 50.8 Å². The normalized spacial score (nSPS) is 14.6. The lowest BCUT2D eigenvalue weighted by atomic mass is 10.2. The quantitative estimate of drug-likeness (QED) is 0.716. The molecule has 0 radical (unpaired) electrons. The Morgan fingerprint density at radius 1 is 1.24 bits per heavy atom. The Hall–Kier alpha value is -3.30. The Bertz CT molecular complexity index is 904. The third-order valence-corrected chi connectivity index (χ3v) is 3.72. The average Bonchev–Trinajstić information content (AvgIpc) is 3.24. The third-order valence-electron chi connectivity index (χ3n) is 3.72. The summed E-state index contributed by atoms with van der Waals surface area (Å²) < 4.78 is 10.2. The van der Waals surface area contributed by atoms with Gasteiger partial charge in [-0.3, -0.25) is 9.78 Å². The van der Waals surface area contributed by atoms with Gasteiger partial charge in [-0.1, -0.05) is 10.3 Å². The van der Waals surface area contributed by atoms with Gasteiger partial charge in [0.15, 0.2) is 11.6 Å². The van der Waals surface area contributed by atoms with Crippen molar-refractivity contribution >= 4 is 11.6 Å². The van der Waals surface area contributed by atoms with Crippen LogP contribution in [0.5, 0.6) is 0 Å². The molecule has 4 rings (SSSR count). The van der Waals surface area contributed by atoms with Gasteiger partial charge in [-0.15, -0.1) is 0 Å². The van der Waals surface area contributed by atoms with Crippen LogP contribution in [0.15, 0.2) is 27.4 Å². The molecule has 0 aromatic carbocycles. The Balaban J connectivity index is 1.54. The van der Waals surface area contributed by atoms with Gasteiger partial charge in [0.2, 0.25) is 11.8 Å². The molecule has 1 aliphatic heterocycles. The van der Waals surface area contributed by atoms with E-state index < -0.39 is 0 Å². The van der Waals surface area contributed by atoms with E-state index in [2.05, 4.69) is 30.6 Å². The van der Waals surface area contributed by atoms with Crippen LogP contribution in [0.1, 0.15) is 17.5 Å². The fraction of sp³-hybridized carbons (Fsp3) is 0.333. The second-order valence-electron chi connectivity index (χ2n) is 5.59. The Morgan fingerprint density at radius 3 is 2.88 bits per heavy atom. The summed E-state index contributed by atoms with van der Waals surface area (Å²) in [5, 5.41) is 10.5. The van der Waals surface area contributed by atoms with Gasteiger partial charge in [-0.2, -0.15) is 9.97 Å². The molecule has 1 fully saturated rings. The van der Waals surface area contributed by atoms with Crippen LogP contribution < -0.4 is 10.2 Å². The summed E-state index contributed by atoms with van der Waals surface area (Å²) >= 11 is 0. The maximum Gasteiger partial charge on any atom is 0.276 e. The summed E-state index contributed by atoms with van der Waals surface area (Å²) in [4.78, 5) is 26.2. The number of anilines is 1. The van der Waals surface area contributed by atoms with Gasteiger partial charge in [-0.05, 0) is 12.1 Å². The monoisotopic (exact) mass is 341 g/mol. The highest BCUT2D eigenvalue weighted by Crippen LogP contribution is 2.22. The third kappa shape index (κ3) is 3.32. The number of aryl methyl sites for hydroxylation is 1. The number of nitrogens with zero attached hydrogens (tertiary/aromatic N) is 6. The van der Waals surface area contributed by atoms with Gasteiger partial charge in [0.25, 0.3) is 5.89 Å². The molecule has 1 saturated heterocycles. The predicted octanol–water partition coefficient (Wildman–Crippen LogP) is 0.350. The molecular formula is C15H15N7O3. The fourth-order valence-corrected chi connectivity index (χ4v) is 2.58. The molecule has 25 heavy (non-hydrogen) atoms. The Morgan fingerprint density at radius 2 is 2.08 bits per heavy atom. The predicted molar refractivity (Wildman–Crippen MR) is 84.6 cm³/mol. The minimum absolute atomic E-state index is 0.0000873. The van der Waals surface area contributed by atoms with Gasteiger partial charge in [0.1, 0.15) is 5.69 Å². The van der Waals surface area contributed by atoms with E-state index in [-0.39, 0.29) is 5.91 Å². The lowest BCUT2D eigenvalue weighted by Crippen LogP contribution is -2.47. The van der Waals surface area contributed by atoms with Crippen LogP contribution >= 0.6 is 0 Å². The fourth-order valence-electron chi connectivity index (χ4n) is 2.58. The molecule has 0 aliphatic carbocycles. The molecule has 0 unspecified atom stereocenters. The highest BCUT2D eigenvalue weighted by atomic mass is 16.5. The van der Waals surface area contributed by atoms with E-state index in [0.717, 1.165) is 12.2 Å². The molecular weight excluding hydrogens is 326 g/mol. The number of nitrogens with one attached hydrogen (secondary N) is 1. The summed E-state index contributed by atoms with van der Waals surface area (Å²) in [6.45, 7) is 3.39. The molecule has 4 heterocycles. The maximum atomic E-state index is 11.6. The summed E-state index contributed by atoms with van der Waals surface area (Å²) in [6.07, 6.45) is 1.97. The number of pyridine rings is 1. The molecule has 10 heteroatoms. The van der Waals surface area contributed by atoms with Crippen LogP contribution in [0.3, 0.4) is 0 Å². The lowest BCUT2D eigenvalue weighted by Gasteiger charge is -2.28. The Labute approximate surface area is 142 Å². The zero-order valence-electron chi connectivity index (χ0n) is 13.5. The largest absolute Gasteiger partial charge is 0.360 e. The van der Waals surface area contributed by atoms with E-state index in [1.165, 1.54) is 0 Å². The van der Waals surface area contributed by atoms with Crippen LogP contribution in [0.2, 0.25) is 0 Å². The molecule has 0 bridgehead atoms. The zero-order valence-corrected chi connectivity index (χ0v) is 13.5. The summed E-state index contributed by atoms with van der Waals surface area (Å²) in [5.74, 6) is 1.73. The van der Waals surface area contributed by atoms with Crippen molar-refractivity contribution in [2.75, 3.05) is 24.5 Å². The molecule has 0 saturated carbocycles. The number of carbonyl (C=O) groups is 1. The van der Waals surface area contributed by atoms with Crippen LogP contribution in [0, 0.1) is 6.92 Å². The topological polar surface area (TPSA) is 123 Å². The van der Waals surface area contributed by atoms with Crippen molar-refractivity contribution in [3.05, 3.63) is 35.9 Å². The van der Waals surface area contributed by atoms with E-state index in [4.69, 9.17) is 9.05 Å². The molecule has 1 N–H and O–H groups in total. The second kappa shape index (κ2) is 6.30. The summed E-state index contributed by atoms with van der Waals surface area (Å²) in [6, 6.07) is 3.68. The summed E-state index contributed by atoms with van der Waals surface area (Å²) in [5.41, 5.74) is 1.43. The molecule has 128 valence electrons. The van der Waals surface area contributed by atoms with Gasteiger partial charge in [-0.25, -0.2) is 0 Å². The second-order valence-corrected chi connectivity index (χ2v) is 5.59. The van der Waals surface area contributed by atoms with Gasteiger partial charge >= 0.3 is 0 Å². The number of hydrogen-bond acceptors (Lipinski definition) is 9. The highest BCUT2D eigenvalue weighted by molar-refractivity contribution is 5.82. The zero-order chi connectivity index (χ0) is 17.2. The van der Waals surface area contributed by atoms with Gasteiger partial charge < -0.3 is 19.3 Å². The van der Waals surface area contributed by atoms with Crippen LogP contribution in [0.4, 0.5) is 5.69 Å². The number of piperazine rings is 1. The van der Waals surface area contributed by atoms with Crippen molar-refractivity contribution in [2.24, 2.45) is 0 Å². The van der Waals surface area contributed by atoms with E-state index in [1.54, 1.807) is 13.1 Å². The number of carbonyl (C=O) groups excluding carboxylic acids is 1. The maximum absolute atomic E-state index is 11.6. The molecule has 0 atom stereocenters.